The Morgan fingerprint density at radius 3 is 2.69 bits per heavy atom. The van der Waals surface area contributed by atoms with Crippen molar-refractivity contribution >= 4 is 17.6 Å². The lowest BCUT2D eigenvalue weighted by Crippen LogP contribution is -2.21. The van der Waals surface area contributed by atoms with Crippen molar-refractivity contribution in [2.45, 2.75) is 13.3 Å². The highest BCUT2D eigenvalue weighted by molar-refractivity contribution is 6.21. The summed E-state index contributed by atoms with van der Waals surface area (Å²) in [6.07, 6.45) is 0.121. The van der Waals surface area contributed by atoms with Crippen molar-refractivity contribution in [1.82, 2.24) is 0 Å². The Kier molecular flexibility index (Phi) is 2.46. The fourth-order valence-corrected chi connectivity index (χ4v) is 1.03. The van der Waals surface area contributed by atoms with Crippen molar-refractivity contribution in [2.75, 3.05) is 7.11 Å². The van der Waals surface area contributed by atoms with Gasteiger partial charge >= 0.3 is 5.97 Å². The fourth-order valence-electron chi connectivity index (χ4n) is 1.03. The number of methoxy groups -OCH3 is 1. The highest BCUT2D eigenvalue weighted by atomic mass is 16.5. The zero-order chi connectivity index (χ0) is 10.0. The average molecular weight is 183 g/mol. The molecule has 0 aromatic rings. The van der Waals surface area contributed by atoms with E-state index < -0.39 is 11.9 Å². The molecule has 5 heteroatoms. The van der Waals surface area contributed by atoms with Crippen molar-refractivity contribution in [3.63, 3.8) is 0 Å². The SMILES string of the molecule is COC(=O)C1=C(O)CC(C)=NC1=O. The molecule has 1 N–H and O–H groups in total. The largest absolute Gasteiger partial charge is 0.511 e. The Bertz CT molecular complexity index is 327. The third kappa shape index (κ3) is 1.74. The second kappa shape index (κ2) is 3.38. The summed E-state index contributed by atoms with van der Waals surface area (Å²) in [5, 5.41) is 9.29. The van der Waals surface area contributed by atoms with E-state index in [4.69, 9.17) is 0 Å². The standard InChI is InChI=1S/C8H9NO4/c1-4-3-5(10)6(7(11)9-4)8(12)13-2/h10H,3H2,1-2H3. The lowest BCUT2D eigenvalue weighted by atomic mass is 10.1. The molecule has 1 amide bonds. The molecule has 0 atom stereocenters. The van der Waals surface area contributed by atoms with E-state index in [1.165, 1.54) is 0 Å². The first-order chi connectivity index (χ1) is 6.06. The maximum atomic E-state index is 11.1. The first-order valence-corrected chi connectivity index (χ1v) is 3.65. The zero-order valence-electron chi connectivity index (χ0n) is 7.33. The van der Waals surface area contributed by atoms with Crippen LogP contribution in [0.4, 0.5) is 0 Å². The molecule has 0 bridgehead atoms. The van der Waals surface area contributed by atoms with E-state index in [-0.39, 0.29) is 17.8 Å². The fraction of sp³-hybridized carbons (Fsp3) is 0.375. The zero-order valence-corrected chi connectivity index (χ0v) is 7.33. The van der Waals surface area contributed by atoms with Gasteiger partial charge in [-0.3, -0.25) is 4.79 Å². The molecule has 1 rings (SSSR count). The second-order valence-corrected chi connectivity index (χ2v) is 2.64. The van der Waals surface area contributed by atoms with E-state index in [0.717, 1.165) is 7.11 Å². The quantitative estimate of drug-likeness (QED) is 0.470. The minimum absolute atomic E-state index is 0.121. The first-order valence-electron chi connectivity index (χ1n) is 3.65. The third-order valence-electron chi connectivity index (χ3n) is 1.61. The molecular formula is C8H9NO4. The Balaban J connectivity index is 3.03. The van der Waals surface area contributed by atoms with Gasteiger partial charge in [-0.25, -0.2) is 9.79 Å². The van der Waals surface area contributed by atoms with Crippen LogP contribution in [0.3, 0.4) is 0 Å². The van der Waals surface area contributed by atoms with Gasteiger partial charge < -0.3 is 9.84 Å². The summed E-state index contributed by atoms with van der Waals surface area (Å²) in [7, 11) is 1.14. The van der Waals surface area contributed by atoms with Gasteiger partial charge in [0.05, 0.1) is 7.11 Å². The molecule has 0 unspecified atom stereocenters. The van der Waals surface area contributed by atoms with Crippen molar-refractivity contribution in [3.05, 3.63) is 11.3 Å². The highest BCUT2D eigenvalue weighted by Crippen LogP contribution is 2.15. The smallest absolute Gasteiger partial charge is 0.347 e. The van der Waals surface area contributed by atoms with Gasteiger partial charge in [0.25, 0.3) is 5.91 Å². The highest BCUT2D eigenvalue weighted by Gasteiger charge is 2.27. The number of amides is 1. The van der Waals surface area contributed by atoms with Gasteiger partial charge in [0.1, 0.15) is 5.76 Å². The summed E-state index contributed by atoms with van der Waals surface area (Å²) in [6.45, 7) is 1.60. The maximum absolute atomic E-state index is 11.1. The number of aliphatic hydroxyl groups excluding tert-OH is 1. The van der Waals surface area contributed by atoms with E-state index >= 15 is 0 Å². The summed E-state index contributed by atoms with van der Waals surface area (Å²) >= 11 is 0. The Morgan fingerprint density at radius 1 is 1.62 bits per heavy atom. The predicted octanol–water partition coefficient (Wildman–Crippen LogP) is 0.363. The molecule has 0 aliphatic carbocycles. The lowest BCUT2D eigenvalue weighted by Gasteiger charge is -2.10. The van der Waals surface area contributed by atoms with E-state index in [0.29, 0.717) is 5.71 Å². The van der Waals surface area contributed by atoms with Crippen LogP contribution in [-0.2, 0) is 14.3 Å². The number of carbonyl (C=O) groups is 2. The first kappa shape index (κ1) is 9.44. The molecule has 13 heavy (non-hydrogen) atoms. The van der Waals surface area contributed by atoms with Crippen LogP contribution < -0.4 is 0 Å². The Morgan fingerprint density at radius 2 is 2.23 bits per heavy atom. The van der Waals surface area contributed by atoms with Crippen LogP contribution in [0.25, 0.3) is 0 Å². The molecule has 0 fully saturated rings. The predicted molar refractivity (Wildman–Crippen MR) is 44.4 cm³/mol. The molecule has 1 heterocycles. The van der Waals surface area contributed by atoms with E-state index in [1.54, 1.807) is 6.92 Å². The van der Waals surface area contributed by atoms with Gasteiger partial charge in [-0.15, -0.1) is 0 Å². The van der Waals surface area contributed by atoms with E-state index in [9.17, 15) is 14.7 Å². The molecule has 0 saturated carbocycles. The molecule has 0 aromatic carbocycles. The topological polar surface area (TPSA) is 76.0 Å². The number of ether oxygens (including phenoxy) is 1. The molecule has 5 nitrogen and oxygen atoms in total. The number of rotatable bonds is 1. The molecule has 70 valence electrons. The summed E-state index contributed by atoms with van der Waals surface area (Å²) in [5.41, 5.74) is 0.114. The van der Waals surface area contributed by atoms with Crippen LogP contribution in [-0.4, -0.2) is 29.8 Å². The normalized spacial score (nSPS) is 17.1. The number of dihydropyridines is 1. The number of hydrogen-bond acceptors (Lipinski definition) is 4. The summed E-state index contributed by atoms with van der Waals surface area (Å²) < 4.78 is 4.32. The molecule has 0 saturated heterocycles. The maximum Gasteiger partial charge on any atom is 0.347 e. The van der Waals surface area contributed by atoms with Gasteiger partial charge in [-0.2, -0.15) is 0 Å². The van der Waals surface area contributed by atoms with Crippen molar-refractivity contribution in [1.29, 1.82) is 0 Å². The van der Waals surface area contributed by atoms with E-state index in [1.807, 2.05) is 0 Å². The van der Waals surface area contributed by atoms with E-state index in [2.05, 4.69) is 9.73 Å². The molecule has 0 spiro atoms. The van der Waals surface area contributed by atoms with Crippen LogP contribution >= 0.6 is 0 Å². The van der Waals surface area contributed by atoms with Gasteiger partial charge in [0.2, 0.25) is 0 Å². The van der Waals surface area contributed by atoms with Crippen LogP contribution in [0, 0.1) is 0 Å². The molecule has 0 aromatic heterocycles. The lowest BCUT2D eigenvalue weighted by molar-refractivity contribution is -0.138. The molecular weight excluding hydrogens is 174 g/mol. The van der Waals surface area contributed by atoms with Crippen molar-refractivity contribution in [3.8, 4) is 0 Å². The van der Waals surface area contributed by atoms with Gasteiger partial charge in [-0.05, 0) is 6.92 Å². The van der Waals surface area contributed by atoms with Crippen LogP contribution in [0.2, 0.25) is 0 Å². The molecule has 0 radical (unpaired) electrons. The number of carbonyl (C=O) groups excluding carboxylic acids is 2. The average Bonchev–Trinajstić information content (AvgIpc) is 2.02. The molecule has 1 aliphatic heterocycles. The Hall–Kier alpha value is -1.65. The minimum Gasteiger partial charge on any atom is -0.511 e. The molecule has 1 aliphatic rings. The number of allylic oxidation sites excluding steroid dienone is 1. The van der Waals surface area contributed by atoms with Gasteiger partial charge in [-0.1, -0.05) is 0 Å². The minimum atomic E-state index is -0.848. The second-order valence-electron chi connectivity index (χ2n) is 2.64. The summed E-state index contributed by atoms with van der Waals surface area (Å²) in [6, 6.07) is 0. The van der Waals surface area contributed by atoms with Crippen molar-refractivity contribution in [2.24, 2.45) is 4.99 Å². The monoisotopic (exact) mass is 183 g/mol. The third-order valence-corrected chi connectivity index (χ3v) is 1.61. The van der Waals surface area contributed by atoms with Gasteiger partial charge in [0.15, 0.2) is 5.57 Å². The number of hydrogen-bond donors (Lipinski definition) is 1. The summed E-state index contributed by atoms with van der Waals surface area (Å²) in [4.78, 5) is 25.6. The van der Waals surface area contributed by atoms with Crippen LogP contribution in [0.1, 0.15) is 13.3 Å². The number of nitrogens with zero attached hydrogens (tertiary/aromatic N) is 1. The number of aliphatic hydroxyl groups is 1. The van der Waals surface area contributed by atoms with Crippen LogP contribution in [0.15, 0.2) is 16.3 Å². The summed E-state index contributed by atoms with van der Waals surface area (Å²) in [5.74, 6) is -1.86. The number of aliphatic imine (C=N–C) groups is 1. The number of esters is 1. The van der Waals surface area contributed by atoms with Gasteiger partial charge in [0, 0.05) is 12.1 Å². The van der Waals surface area contributed by atoms with Crippen LogP contribution in [0.5, 0.6) is 0 Å². The van der Waals surface area contributed by atoms with Crippen molar-refractivity contribution < 1.29 is 19.4 Å². The Labute approximate surface area is 74.7 Å².